The molecule has 3 N–H and O–H groups in total. The molecule has 0 aromatic rings. The van der Waals surface area contributed by atoms with E-state index in [0.717, 1.165) is 6.08 Å². The topological polar surface area (TPSA) is 80.4 Å². The molecule has 0 aromatic heterocycles. The van der Waals surface area contributed by atoms with Gasteiger partial charge in [-0.1, -0.05) is 0 Å². The number of carbonyl (C=O) groups excluding carboxylic acids is 1. The maximum atomic E-state index is 9.78. The molecule has 9 heavy (non-hydrogen) atoms. The number of nitrogens with two attached hydrogens (primary N) is 1. The van der Waals surface area contributed by atoms with Crippen LogP contribution in [0.3, 0.4) is 0 Å². The number of hydrogen-bond acceptors (Lipinski definition) is 2. The number of carbonyl (C=O) groups is 2. The molecular weight excluding hydrogens is 150 g/mol. The molecule has 0 aliphatic carbocycles. The Labute approximate surface area is 84.7 Å². The van der Waals surface area contributed by atoms with E-state index in [1.807, 2.05) is 0 Å². The van der Waals surface area contributed by atoms with Gasteiger partial charge in [-0.05, 0) is 0 Å². The summed E-state index contributed by atoms with van der Waals surface area (Å²) in [4.78, 5) is 19.4. The van der Waals surface area contributed by atoms with Crippen molar-refractivity contribution in [1.82, 2.24) is 0 Å². The molecule has 0 saturated heterocycles. The summed E-state index contributed by atoms with van der Waals surface area (Å²) in [7, 11) is 0. The van der Waals surface area contributed by atoms with Crippen LogP contribution in [0, 0.1) is 0 Å². The van der Waals surface area contributed by atoms with Crippen molar-refractivity contribution in [3.8, 4) is 0 Å². The van der Waals surface area contributed by atoms with Crippen LogP contribution in [0.25, 0.3) is 0 Å². The van der Waals surface area contributed by atoms with Crippen molar-refractivity contribution in [1.29, 1.82) is 0 Å². The largest absolute Gasteiger partial charge is 2.00 e. The van der Waals surface area contributed by atoms with Crippen molar-refractivity contribution in [3.63, 3.8) is 0 Å². The van der Waals surface area contributed by atoms with Gasteiger partial charge in [-0.25, -0.2) is 4.79 Å². The first-order chi connectivity index (χ1) is 3.63. The third-order valence-corrected chi connectivity index (χ3v) is 0.390. The fourth-order valence-corrected chi connectivity index (χ4v) is 0.153. The molecule has 0 aromatic carbocycles. The molecule has 0 unspecified atom stereocenters. The Hall–Kier alpha value is -0.0603. The molecule has 0 spiro atoms. The second kappa shape index (κ2) is 6.07. The van der Waals surface area contributed by atoms with Crippen LogP contribution < -0.4 is 5.73 Å². The average Bonchev–Trinajstić information content (AvgIpc) is 1.61. The molecule has 48 valence electrons. The summed E-state index contributed by atoms with van der Waals surface area (Å²) in [6.45, 7) is 0. The van der Waals surface area contributed by atoms with E-state index in [-0.39, 0.29) is 40.6 Å². The summed E-state index contributed by atoms with van der Waals surface area (Å²) >= 11 is 0. The zero-order valence-electron chi connectivity index (χ0n) is 6.70. The molecule has 4 nitrogen and oxygen atoms in total. The quantitative estimate of drug-likeness (QED) is 0.396. The van der Waals surface area contributed by atoms with Crippen LogP contribution >= 0.6 is 0 Å². The summed E-state index contributed by atoms with van der Waals surface area (Å²) in [5.41, 5.74) is 4.55. The normalized spacial score (nSPS) is 8.44. The van der Waals surface area contributed by atoms with Crippen LogP contribution in [0.5, 0.6) is 0 Å². The average molecular weight is 157 g/mol. The minimum absolute atomic E-state index is 0. The monoisotopic (exact) mass is 157 g/mol. The summed E-state index contributed by atoms with van der Waals surface area (Å²) in [6.07, 6.45) is 1.46. The molecule has 0 atom stereocenters. The molecule has 0 saturated carbocycles. The van der Waals surface area contributed by atoms with Crippen LogP contribution in [0.2, 0.25) is 0 Å². The second-order valence-electron chi connectivity index (χ2n) is 1.07. The molecule has 0 radical (unpaired) electrons. The predicted octanol–water partition coefficient (Wildman–Crippen LogP) is -1.04. The molecule has 1 amide bonds. The zero-order chi connectivity index (χ0) is 6.57. The van der Waals surface area contributed by atoms with Crippen LogP contribution in [-0.2, 0) is 9.59 Å². The summed E-state index contributed by atoms with van der Waals surface area (Å²) in [5, 5.41) is 7.87. The Balaban J connectivity index is -0.0000000817. The molecule has 5 heteroatoms. The maximum Gasteiger partial charge on any atom is 2.00 e. The Morgan fingerprint density at radius 2 is 1.89 bits per heavy atom. The van der Waals surface area contributed by atoms with E-state index in [1.54, 1.807) is 0 Å². The predicted molar refractivity (Wildman–Crippen MR) is 33.9 cm³/mol. The molecule has 0 aliphatic heterocycles. The van der Waals surface area contributed by atoms with E-state index in [0.29, 0.717) is 6.08 Å². The van der Waals surface area contributed by atoms with Gasteiger partial charge in [-0.15, -0.1) is 0 Å². The first-order valence-electron chi connectivity index (χ1n) is 1.83. The van der Waals surface area contributed by atoms with Crippen LogP contribution in [0.1, 0.15) is 2.85 Å². The molecule has 0 rings (SSSR count). The summed E-state index contributed by atoms with van der Waals surface area (Å²) < 4.78 is 0. The van der Waals surface area contributed by atoms with Gasteiger partial charge in [0, 0.05) is 12.2 Å². The van der Waals surface area contributed by atoms with E-state index in [9.17, 15) is 9.59 Å². The number of rotatable bonds is 2. The van der Waals surface area contributed by atoms with Crippen molar-refractivity contribution in [2.45, 2.75) is 0 Å². The van der Waals surface area contributed by atoms with E-state index >= 15 is 0 Å². The van der Waals surface area contributed by atoms with E-state index in [2.05, 4.69) is 5.73 Å². The third kappa shape index (κ3) is 11.5. The third-order valence-electron chi connectivity index (χ3n) is 0.390. The standard InChI is InChI=1S/C4H5NO3.Ca.2H/c5-3(6)1-2-4(7)8;;;/h1-2H,(H2,5,6)(H,7,8);;;/q;+2;2*-1/b2-1-;;;. The molecule has 0 heterocycles. The van der Waals surface area contributed by atoms with Gasteiger partial charge in [0.25, 0.3) is 0 Å². The van der Waals surface area contributed by atoms with Gasteiger partial charge in [0.05, 0.1) is 0 Å². The van der Waals surface area contributed by atoms with Gasteiger partial charge in [-0.3, -0.25) is 4.79 Å². The minimum atomic E-state index is -1.18. The second-order valence-corrected chi connectivity index (χ2v) is 1.07. The Morgan fingerprint density at radius 1 is 1.44 bits per heavy atom. The number of carboxylic acid groups (broad SMARTS) is 1. The Bertz CT molecular complexity index is 134. The van der Waals surface area contributed by atoms with Crippen LogP contribution in [0.4, 0.5) is 0 Å². The zero-order valence-corrected chi connectivity index (χ0v) is 6.91. The smallest absolute Gasteiger partial charge is 1.00 e. The van der Waals surface area contributed by atoms with Crippen molar-refractivity contribution in [2.24, 2.45) is 5.73 Å². The fourth-order valence-electron chi connectivity index (χ4n) is 0.153. The maximum absolute atomic E-state index is 9.78. The number of amides is 1. The molecule has 0 fully saturated rings. The molecule has 0 bridgehead atoms. The van der Waals surface area contributed by atoms with Gasteiger partial charge >= 0.3 is 43.7 Å². The van der Waals surface area contributed by atoms with Crippen molar-refractivity contribution in [3.05, 3.63) is 12.2 Å². The first kappa shape index (κ1) is 11.7. The van der Waals surface area contributed by atoms with E-state index in [1.165, 1.54) is 0 Å². The van der Waals surface area contributed by atoms with E-state index in [4.69, 9.17) is 5.11 Å². The van der Waals surface area contributed by atoms with Gasteiger partial charge in [0.1, 0.15) is 0 Å². The minimum Gasteiger partial charge on any atom is -1.00 e. The Morgan fingerprint density at radius 3 is 2.00 bits per heavy atom. The van der Waals surface area contributed by atoms with Gasteiger partial charge in [-0.2, -0.15) is 0 Å². The molecule has 0 aliphatic rings. The van der Waals surface area contributed by atoms with Crippen molar-refractivity contribution < 1.29 is 17.5 Å². The van der Waals surface area contributed by atoms with Gasteiger partial charge in [0.2, 0.25) is 5.91 Å². The van der Waals surface area contributed by atoms with Crippen LogP contribution in [0.15, 0.2) is 12.2 Å². The SMILES string of the molecule is NC(=O)/C=C\C(=O)O.[Ca+2].[H-].[H-]. The van der Waals surface area contributed by atoms with Crippen molar-refractivity contribution >= 4 is 49.6 Å². The summed E-state index contributed by atoms with van der Waals surface area (Å²) in [6, 6.07) is 0. The fraction of sp³-hybridized carbons (Fsp3) is 0. The number of primary amides is 1. The number of carboxylic acids is 1. The number of aliphatic carboxylic acids is 1. The first-order valence-corrected chi connectivity index (χ1v) is 1.83. The van der Waals surface area contributed by atoms with Crippen LogP contribution in [-0.4, -0.2) is 54.7 Å². The Kier molecular flexibility index (Phi) is 7.89. The van der Waals surface area contributed by atoms with Gasteiger partial charge < -0.3 is 13.7 Å². The van der Waals surface area contributed by atoms with Crippen molar-refractivity contribution in [2.75, 3.05) is 0 Å². The van der Waals surface area contributed by atoms with Gasteiger partial charge in [0.15, 0.2) is 0 Å². The summed E-state index contributed by atoms with van der Waals surface area (Å²) in [5.74, 6) is -1.93. The van der Waals surface area contributed by atoms with E-state index < -0.39 is 11.9 Å². The molecular formula is C4H7CaNO3. The number of hydrogen-bond donors (Lipinski definition) is 2.